The van der Waals surface area contributed by atoms with Gasteiger partial charge < -0.3 is 5.32 Å². The molecule has 0 aliphatic heterocycles. The van der Waals surface area contributed by atoms with Gasteiger partial charge in [-0.25, -0.2) is 8.78 Å². The molecular weight excluding hydrogens is 298 g/mol. The Bertz CT molecular complexity index is 705. The van der Waals surface area contributed by atoms with E-state index in [2.05, 4.69) is 10.3 Å². The quantitative estimate of drug-likeness (QED) is 0.913. The molecule has 23 heavy (non-hydrogen) atoms. The Labute approximate surface area is 133 Å². The van der Waals surface area contributed by atoms with Gasteiger partial charge in [-0.05, 0) is 48.6 Å². The molecule has 1 aliphatic rings. The lowest BCUT2D eigenvalue weighted by atomic mass is 10.0. The first-order valence-electron chi connectivity index (χ1n) is 7.75. The molecule has 1 amide bonds. The highest BCUT2D eigenvalue weighted by atomic mass is 19.1. The van der Waals surface area contributed by atoms with Crippen LogP contribution >= 0.6 is 0 Å². The maximum Gasteiger partial charge on any atom is 0.224 e. The Morgan fingerprint density at radius 2 is 2.22 bits per heavy atom. The van der Waals surface area contributed by atoms with Crippen LogP contribution in [0.1, 0.15) is 42.9 Å². The van der Waals surface area contributed by atoms with Crippen LogP contribution in [0.4, 0.5) is 8.78 Å². The lowest BCUT2D eigenvalue weighted by Gasteiger charge is -2.18. The molecule has 0 unspecified atom stereocenters. The Balaban J connectivity index is 1.68. The van der Waals surface area contributed by atoms with Crippen molar-refractivity contribution in [1.29, 1.82) is 0 Å². The van der Waals surface area contributed by atoms with Gasteiger partial charge in [0.15, 0.2) is 0 Å². The number of carbonyl (C=O) groups is 1. The Morgan fingerprint density at radius 1 is 1.39 bits per heavy atom. The molecular formula is C18H18F2N2O. The number of nitrogens with one attached hydrogen (secondary N) is 1. The second-order valence-corrected chi connectivity index (χ2v) is 5.87. The minimum atomic E-state index is -0.520. The van der Waals surface area contributed by atoms with Gasteiger partial charge in [-0.3, -0.25) is 9.78 Å². The normalized spacial score (nSPS) is 20.8. The smallest absolute Gasteiger partial charge is 0.224 e. The van der Waals surface area contributed by atoms with Crippen molar-refractivity contribution in [3.8, 4) is 0 Å². The van der Waals surface area contributed by atoms with Crippen LogP contribution in [-0.4, -0.2) is 10.9 Å². The number of aromatic nitrogens is 1. The van der Waals surface area contributed by atoms with Crippen LogP contribution in [-0.2, 0) is 4.79 Å². The summed E-state index contributed by atoms with van der Waals surface area (Å²) in [5.74, 6) is -1.08. The molecule has 1 aliphatic carbocycles. The number of halogens is 2. The Hall–Kier alpha value is -2.30. The number of carbonyl (C=O) groups excluding carboxylic acids is 1. The molecule has 1 aromatic carbocycles. The molecule has 0 spiro atoms. The van der Waals surface area contributed by atoms with Crippen LogP contribution < -0.4 is 5.32 Å². The van der Waals surface area contributed by atoms with Crippen molar-refractivity contribution in [3.63, 3.8) is 0 Å². The summed E-state index contributed by atoms with van der Waals surface area (Å²) in [6.45, 7) is 1.83. The maximum absolute atomic E-state index is 13.9. The van der Waals surface area contributed by atoms with E-state index in [0.29, 0.717) is 6.42 Å². The minimum absolute atomic E-state index is 0.116. The lowest BCUT2D eigenvalue weighted by molar-refractivity contribution is -0.123. The highest BCUT2D eigenvalue weighted by molar-refractivity contribution is 5.83. The van der Waals surface area contributed by atoms with Crippen LogP contribution in [0.3, 0.4) is 0 Å². The minimum Gasteiger partial charge on any atom is -0.349 e. The molecule has 0 radical (unpaired) electrons. The summed E-state index contributed by atoms with van der Waals surface area (Å²) < 4.78 is 27.2. The van der Waals surface area contributed by atoms with Crippen LogP contribution in [0.2, 0.25) is 0 Å². The predicted octanol–water partition coefficient (Wildman–Crippen LogP) is 3.73. The summed E-state index contributed by atoms with van der Waals surface area (Å²) >= 11 is 0. The molecule has 5 heteroatoms. The fourth-order valence-electron chi connectivity index (χ4n) is 2.91. The molecule has 0 bridgehead atoms. The molecule has 3 rings (SSSR count). The first-order chi connectivity index (χ1) is 11.1. The average Bonchev–Trinajstić information content (AvgIpc) is 3.36. The second kappa shape index (κ2) is 6.44. The van der Waals surface area contributed by atoms with Crippen molar-refractivity contribution in [2.45, 2.75) is 31.7 Å². The summed E-state index contributed by atoms with van der Waals surface area (Å²) in [4.78, 5) is 16.4. The van der Waals surface area contributed by atoms with E-state index in [4.69, 9.17) is 0 Å². The van der Waals surface area contributed by atoms with Crippen LogP contribution in [0, 0.1) is 17.6 Å². The van der Waals surface area contributed by atoms with Crippen LogP contribution in [0.5, 0.6) is 0 Å². The third-order valence-corrected chi connectivity index (χ3v) is 4.30. The third kappa shape index (κ3) is 3.38. The number of hydrogen-bond donors (Lipinski definition) is 1. The van der Waals surface area contributed by atoms with Crippen molar-refractivity contribution in [2.24, 2.45) is 5.92 Å². The number of rotatable bonds is 5. The molecule has 2 aromatic rings. The summed E-state index contributed by atoms with van der Waals surface area (Å²) in [6.07, 6.45) is 4.72. The molecule has 1 N–H and O–H groups in total. The van der Waals surface area contributed by atoms with Gasteiger partial charge in [0, 0.05) is 23.9 Å². The van der Waals surface area contributed by atoms with Gasteiger partial charge in [0.2, 0.25) is 5.91 Å². The van der Waals surface area contributed by atoms with Crippen LogP contribution in [0.15, 0.2) is 42.7 Å². The van der Waals surface area contributed by atoms with Gasteiger partial charge in [-0.2, -0.15) is 0 Å². The van der Waals surface area contributed by atoms with E-state index in [1.54, 1.807) is 12.4 Å². The first kappa shape index (κ1) is 15.6. The van der Waals surface area contributed by atoms with E-state index in [1.165, 1.54) is 0 Å². The summed E-state index contributed by atoms with van der Waals surface area (Å²) in [5, 5.41) is 2.85. The van der Waals surface area contributed by atoms with E-state index in [9.17, 15) is 13.6 Å². The summed E-state index contributed by atoms with van der Waals surface area (Å²) in [5.41, 5.74) is 1.23. The van der Waals surface area contributed by atoms with Gasteiger partial charge in [0.05, 0.1) is 6.04 Å². The fraction of sp³-hybridized carbons (Fsp3) is 0.333. The zero-order chi connectivity index (χ0) is 16.4. The number of amides is 1. The number of benzene rings is 1. The van der Waals surface area contributed by atoms with E-state index >= 15 is 0 Å². The molecule has 3 atom stereocenters. The van der Waals surface area contributed by atoms with E-state index in [1.807, 2.05) is 19.1 Å². The summed E-state index contributed by atoms with van der Waals surface area (Å²) in [7, 11) is 0. The van der Waals surface area contributed by atoms with Crippen molar-refractivity contribution in [3.05, 3.63) is 65.5 Å². The van der Waals surface area contributed by atoms with Gasteiger partial charge in [-0.15, -0.1) is 0 Å². The van der Waals surface area contributed by atoms with Gasteiger partial charge in [0.1, 0.15) is 11.6 Å². The van der Waals surface area contributed by atoms with E-state index < -0.39 is 17.7 Å². The van der Waals surface area contributed by atoms with Crippen molar-refractivity contribution in [2.75, 3.05) is 0 Å². The average molecular weight is 316 g/mol. The van der Waals surface area contributed by atoms with Crippen molar-refractivity contribution < 1.29 is 13.6 Å². The highest BCUT2D eigenvalue weighted by Gasteiger charge is 2.44. The van der Waals surface area contributed by atoms with Crippen LogP contribution in [0.25, 0.3) is 0 Å². The van der Waals surface area contributed by atoms with Crippen molar-refractivity contribution in [1.82, 2.24) is 10.3 Å². The largest absolute Gasteiger partial charge is 0.349 e. The zero-order valence-corrected chi connectivity index (χ0v) is 12.8. The maximum atomic E-state index is 13.9. The molecule has 3 nitrogen and oxygen atoms in total. The molecule has 120 valence electrons. The summed E-state index contributed by atoms with van der Waals surface area (Å²) in [6, 6.07) is 6.60. The van der Waals surface area contributed by atoms with E-state index in [0.717, 1.165) is 30.2 Å². The number of pyridine rings is 1. The predicted molar refractivity (Wildman–Crippen MR) is 82.6 cm³/mol. The number of nitrogens with zero attached hydrogens (tertiary/aromatic N) is 1. The molecule has 1 heterocycles. The van der Waals surface area contributed by atoms with Gasteiger partial charge in [-0.1, -0.05) is 13.0 Å². The Kier molecular flexibility index (Phi) is 4.37. The molecule has 1 aromatic heterocycles. The zero-order valence-electron chi connectivity index (χ0n) is 12.8. The molecule has 0 saturated heterocycles. The monoisotopic (exact) mass is 316 g/mol. The lowest BCUT2D eigenvalue weighted by Crippen LogP contribution is -2.30. The molecule has 1 fully saturated rings. The molecule has 1 saturated carbocycles. The van der Waals surface area contributed by atoms with Gasteiger partial charge in [0.25, 0.3) is 0 Å². The first-order valence-corrected chi connectivity index (χ1v) is 7.75. The Morgan fingerprint density at radius 3 is 2.91 bits per heavy atom. The topological polar surface area (TPSA) is 42.0 Å². The van der Waals surface area contributed by atoms with Crippen molar-refractivity contribution >= 4 is 5.91 Å². The standard InChI is InChI=1S/C18H18F2N2O/c1-2-17(15-8-12(19)5-6-16(15)20)22-18(23)14-9-13(14)11-4-3-7-21-10-11/h3-8,10,13-14,17H,2,9H2,1H3,(H,22,23)/t13-,14-,17-/m0/s1. The second-order valence-electron chi connectivity index (χ2n) is 5.87. The SMILES string of the molecule is CC[C@H](NC(=O)[C@H]1C[C@H]1c1cccnc1)c1cc(F)ccc1F. The van der Waals surface area contributed by atoms with E-state index in [-0.39, 0.29) is 23.3 Å². The fourth-order valence-corrected chi connectivity index (χ4v) is 2.91. The number of hydrogen-bond acceptors (Lipinski definition) is 2. The highest BCUT2D eigenvalue weighted by Crippen LogP contribution is 2.47. The third-order valence-electron chi connectivity index (χ3n) is 4.30. The van der Waals surface area contributed by atoms with Gasteiger partial charge >= 0.3 is 0 Å².